The Hall–Kier alpha value is -2.50. The third kappa shape index (κ3) is 2.79. The van der Waals surface area contributed by atoms with Crippen LogP contribution in [-0.4, -0.2) is 16.3 Å². The first-order valence-corrected chi connectivity index (χ1v) is 5.35. The molecule has 0 radical (unpaired) electrons. The predicted molar refractivity (Wildman–Crippen MR) is 66.7 cm³/mol. The van der Waals surface area contributed by atoms with Gasteiger partial charge in [0.25, 0.3) is 0 Å². The lowest BCUT2D eigenvalue weighted by atomic mass is 10.2. The zero-order chi connectivity index (χ0) is 13.1. The molecule has 3 N–H and O–H groups in total. The summed E-state index contributed by atoms with van der Waals surface area (Å²) in [6, 6.07) is 6.07. The number of benzene rings is 1. The van der Waals surface area contributed by atoms with Gasteiger partial charge in [-0.05, 0) is 31.5 Å². The lowest BCUT2D eigenvalue weighted by Gasteiger charge is -2.07. The number of aromatic nitrogens is 1. The van der Waals surface area contributed by atoms with Crippen LogP contribution in [0.3, 0.4) is 0 Å². The van der Waals surface area contributed by atoms with E-state index in [0.717, 1.165) is 5.56 Å². The average molecular weight is 247 g/mol. The summed E-state index contributed by atoms with van der Waals surface area (Å²) in [5, 5.41) is 18.3. The van der Waals surface area contributed by atoms with Crippen LogP contribution in [0.1, 0.15) is 11.3 Å². The molecule has 2 amide bonds. The van der Waals surface area contributed by atoms with Gasteiger partial charge >= 0.3 is 6.03 Å². The number of urea groups is 1. The molecule has 2 aromatic rings. The number of carbonyl (C=O) groups is 1. The highest BCUT2D eigenvalue weighted by molar-refractivity contribution is 6.00. The van der Waals surface area contributed by atoms with Gasteiger partial charge in [-0.25, -0.2) is 4.79 Å². The molecule has 94 valence electrons. The smallest absolute Gasteiger partial charge is 0.325 e. The molecule has 0 saturated heterocycles. The molecule has 0 saturated carbocycles. The number of nitrogens with one attached hydrogen (secondary N) is 2. The monoisotopic (exact) mass is 247 g/mol. The van der Waals surface area contributed by atoms with E-state index < -0.39 is 6.03 Å². The van der Waals surface area contributed by atoms with Crippen LogP contribution in [0.25, 0.3) is 0 Å². The Morgan fingerprint density at radius 1 is 1.28 bits per heavy atom. The Kier molecular flexibility index (Phi) is 3.18. The van der Waals surface area contributed by atoms with Crippen LogP contribution in [-0.2, 0) is 0 Å². The maximum Gasteiger partial charge on any atom is 0.325 e. The van der Waals surface area contributed by atoms with E-state index in [2.05, 4.69) is 15.8 Å². The molecule has 18 heavy (non-hydrogen) atoms. The molecule has 6 nitrogen and oxygen atoms in total. The Labute approximate surface area is 104 Å². The molecule has 2 rings (SSSR count). The molecule has 1 aromatic heterocycles. The minimum Gasteiger partial charge on any atom is -0.506 e. The summed E-state index contributed by atoms with van der Waals surface area (Å²) in [7, 11) is 0. The van der Waals surface area contributed by atoms with Crippen LogP contribution >= 0.6 is 0 Å². The topological polar surface area (TPSA) is 87.4 Å². The quantitative estimate of drug-likeness (QED) is 0.712. The van der Waals surface area contributed by atoms with Crippen LogP contribution in [0.5, 0.6) is 5.75 Å². The minimum atomic E-state index is -0.498. The fourth-order valence-electron chi connectivity index (χ4n) is 1.44. The van der Waals surface area contributed by atoms with E-state index in [1.165, 1.54) is 0 Å². The summed E-state index contributed by atoms with van der Waals surface area (Å²) in [5.41, 5.74) is 1.24. The van der Waals surface area contributed by atoms with E-state index in [-0.39, 0.29) is 5.75 Å². The second-order valence-electron chi connectivity index (χ2n) is 3.92. The number of carbonyl (C=O) groups excluding carboxylic acids is 1. The van der Waals surface area contributed by atoms with Crippen LogP contribution in [0.15, 0.2) is 28.8 Å². The fourth-order valence-corrected chi connectivity index (χ4v) is 1.44. The highest BCUT2D eigenvalue weighted by atomic mass is 16.5. The maximum atomic E-state index is 11.6. The van der Waals surface area contributed by atoms with Crippen molar-refractivity contribution in [1.29, 1.82) is 0 Å². The molecule has 0 atom stereocenters. The first kappa shape index (κ1) is 12.0. The van der Waals surface area contributed by atoms with Crippen molar-refractivity contribution in [3.05, 3.63) is 35.6 Å². The lowest BCUT2D eigenvalue weighted by Crippen LogP contribution is -2.19. The highest BCUT2D eigenvalue weighted by Gasteiger charge is 2.08. The standard InChI is InChI=1S/C12H13N3O3/c1-7-3-4-9(10(16)5-7)13-12(17)14-11-6-8(2)18-15-11/h3-6,16H,1-2H3,(H2,13,14,15,17). The van der Waals surface area contributed by atoms with Gasteiger partial charge in [0, 0.05) is 6.07 Å². The summed E-state index contributed by atoms with van der Waals surface area (Å²) in [6.07, 6.45) is 0. The van der Waals surface area contributed by atoms with Crippen molar-refractivity contribution in [2.75, 3.05) is 10.6 Å². The molecule has 0 aliphatic carbocycles. The largest absolute Gasteiger partial charge is 0.506 e. The van der Waals surface area contributed by atoms with E-state index in [0.29, 0.717) is 17.3 Å². The van der Waals surface area contributed by atoms with Crippen molar-refractivity contribution >= 4 is 17.5 Å². The van der Waals surface area contributed by atoms with Crippen molar-refractivity contribution in [2.24, 2.45) is 0 Å². The number of aryl methyl sites for hydroxylation is 2. The van der Waals surface area contributed by atoms with Gasteiger partial charge in [0.15, 0.2) is 5.82 Å². The van der Waals surface area contributed by atoms with Crippen molar-refractivity contribution in [3.63, 3.8) is 0 Å². The second-order valence-corrected chi connectivity index (χ2v) is 3.92. The zero-order valence-corrected chi connectivity index (χ0v) is 10.0. The Morgan fingerprint density at radius 3 is 2.67 bits per heavy atom. The summed E-state index contributed by atoms with van der Waals surface area (Å²) in [5.74, 6) is 0.932. The maximum absolute atomic E-state index is 11.6. The second kappa shape index (κ2) is 4.79. The number of phenolic OH excluding ortho intramolecular Hbond substituents is 1. The van der Waals surface area contributed by atoms with E-state index >= 15 is 0 Å². The van der Waals surface area contributed by atoms with Crippen molar-refractivity contribution < 1.29 is 14.4 Å². The number of hydrogen-bond donors (Lipinski definition) is 3. The molecule has 0 spiro atoms. The fraction of sp³-hybridized carbons (Fsp3) is 0.167. The molecule has 0 unspecified atom stereocenters. The molecular formula is C12H13N3O3. The molecule has 6 heteroatoms. The summed E-state index contributed by atoms with van der Waals surface area (Å²) in [6.45, 7) is 3.57. The third-order valence-electron chi connectivity index (χ3n) is 2.27. The van der Waals surface area contributed by atoms with Gasteiger partial charge in [-0.1, -0.05) is 11.2 Å². The van der Waals surface area contributed by atoms with Gasteiger partial charge in [-0.3, -0.25) is 5.32 Å². The summed E-state index contributed by atoms with van der Waals surface area (Å²) < 4.78 is 4.81. The normalized spacial score (nSPS) is 10.1. The highest BCUT2D eigenvalue weighted by Crippen LogP contribution is 2.23. The van der Waals surface area contributed by atoms with Gasteiger partial charge in [0.05, 0.1) is 5.69 Å². The van der Waals surface area contributed by atoms with Crippen LogP contribution in [0.4, 0.5) is 16.3 Å². The average Bonchev–Trinajstić information content (AvgIpc) is 2.68. The first-order chi connectivity index (χ1) is 8.54. The third-order valence-corrected chi connectivity index (χ3v) is 2.27. The van der Waals surface area contributed by atoms with Crippen molar-refractivity contribution in [1.82, 2.24) is 5.16 Å². The van der Waals surface area contributed by atoms with Gasteiger partial charge < -0.3 is 14.9 Å². The number of phenols is 1. The van der Waals surface area contributed by atoms with Gasteiger partial charge in [-0.15, -0.1) is 0 Å². The molecule has 0 aliphatic rings. The summed E-state index contributed by atoms with van der Waals surface area (Å²) in [4.78, 5) is 11.6. The number of amides is 2. The first-order valence-electron chi connectivity index (χ1n) is 5.35. The van der Waals surface area contributed by atoms with E-state index in [9.17, 15) is 9.90 Å². The van der Waals surface area contributed by atoms with E-state index in [4.69, 9.17) is 4.52 Å². The van der Waals surface area contributed by atoms with Gasteiger partial charge in [0.1, 0.15) is 11.5 Å². The van der Waals surface area contributed by atoms with Crippen molar-refractivity contribution in [3.8, 4) is 5.75 Å². The van der Waals surface area contributed by atoms with Crippen LogP contribution in [0, 0.1) is 13.8 Å². The Bertz CT molecular complexity index is 578. The van der Waals surface area contributed by atoms with Crippen LogP contribution in [0.2, 0.25) is 0 Å². The molecule has 1 heterocycles. The SMILES string of the molecule is Cc1ccc(NC(=O)Nc2cc(C)on2)c(O)c1. The zero-order valence-electron chi connectivity index (χ0n) is 10.0. The molecular weight excluding hydrogens is 234 g/mol. The lowest BCUT2D eigenvalue weighted by molar-refractivity contribution is 0.261. The van der Waals surface area contributed by atoms with Crippen molar-refractivity contribution in [2.45, 2.75) is 13.8 Å². The van der Waals surface area contributed by atoms with E-state index in [1.54, 1.807) is 31.2 Å². The number of rotatable bonds is 2. The molecule has 1 aromatic carbocycles. The van der Waals surface area contributed by atoms with Gasteiger partial charge in [-0.2, -0.15) is 0 Å². The van der Waals surface area contributed by atoms with Crippen LogP contribution < -0.4 is 10.6 Å². The Morgan fingerprint density at radius 2 is 2.06 bits per heavy atom. The van der Waals surface area contributed by atoms with E-state index in [1.807, 2.05) is 6.92 Å². The minimum absolute atomic E-state index is 0.0153. The molecule has 0 aliphatic heterocycles. The molecule has 0 fully saturated rings. The van der Waals surface area contributed by atoms with Gasteiger partial charge in [0.2, 0.25) is 0 Å². The number of anilines is 2. The molecule has 0 bridgehead atoms. The number of nitrogens with zero attached hydrogens (tertiary/aromatic N) is 1. The summed E-state index contributed by atoms with van der Waals surface area (Å²) >= 11 is 0. The predicted octanol–water partition coefficient (Wildman–Crippen LogP) is 2.64. The number of aromatic hydroxyl groups is 1. The number of hydrogen-bond acceptors (Lipinski definition) is 4. The Balaban J connectivity index is 2.03.